The minimum atomic E-state index is -1.06. The first kappa shape index (κ1) is 69.9. The Hall–Kier alpha value is -7.89. The van der Waals surface area contributed by atoms with Crippen molar-refractivity contribution in [3.8, 4) is 34.3 Å². The number of aliphatic hydroxyl groups excluding tert-OH is 1. The first-order chi connectivity index (χ1) is 44.9. The van der Waals surface area contributed by atoms with Crippen LogP contribution in [0.3, 0.4) is 0 Å². The third-order valence-corrected chi connectivity index (χ3v) is 18.8. The number of piperazine rings is 1. The first-order valence-corrected chi connectivity index (χ1v) is 33.3. The van der Waals surface area contributed by atoms with Crippen molar-refractivity contribution in [2.45, 2.75) is 168 Å². The van der Waals surface area contributed by atoms with Crippen LogP contribution in [0.15, 0.2) is 60.7 Å². The number of nitriles is 1. The molecule has 20 nitrogen and oxygen atoms in total. The van der Waals surface area contributed by atoms with Gasteiger partial charge in [0.05, 0.1) is 51.7 Å². The SMILES string of the molecule is C[C@H](NC(=O)[C@@H]1C[C@@H](O)CN1C(=O)[C@@H](NC(=O)CCOCCCN1CCC[C@H]1COc1nc(N2CC3CCC(C2)N3C(=O)OC(C)(C)C)c2cc(Cl)c(-c3ccc(F)c4sc(NC(=O)OC(C)(C)C)c(C#N)c34)c(F)c2n1)C(C)(C)C)c1ccc(-c2c(F)cccc2F)cc1. The quantitative estimate of drug-likeness (QED) is 0.0435. The van der Waals surface area contributed by atoms with Gasteiger partial charge in [0, 0.05) is 68.0 Å². The number of hydrogen-bond donors (Lipinski definition) is 4. The summed E-state index contributed by atoms with van der Waals surface area (Å²) in [5.74, 6) is -4.16. The van der Waals surface area contributed by atoms with E-state index in [-0.39, 0.29) is 110 Å². The molecule has 4 aliphatic rings. The number of anilines is 2. The molecular weight excluding hydrogens is 1270 g/mol. The Labute approximate surface area is 558 Å². The Morgan fingerprint density at radius 2 is 1.53 bits per heavy atom. The van der Waals surface area contributed by atoms with Crippen molar-refractivity contribution < 1.29 is 65.6 Å². The van der Waals surface area contributed by atoms with Gasteiger partial charge >= 0.3 is 18.2 Å². The van der Waals surface area contributed by atoms with Crippen molar-refractivity contribution in [2.75, 3.05) is 62.8 Å². The predicted molar refractivity (Wildman–Crippen MR) is 353 cm³/mol. The van der Waals surface area contributed by atoms with Crippen molar-refractivity contribution in [3.05, 3.63) is 100 Å². The van der Waals surface area contributed by atoms with Crippen LogP contribution in [0, 0.1) is 40.0 Å². The first-order valence-electron chi connectivity index (χ1n) is 32.1. The summed E-state index contributed by atoms with van der Waals surface area (Å²) in [5, 5.41) is 29.8. The van der Waals surface area contributed by atoms with E-state index in [1.165, 1.54) is 29.2 Å². The number of likely N-dealkylation sites (tertiary alicyclic amines) is 2. The number of aliphatic hydroxyl groups is 1. The van der Waals surface area contributed by atoms with E-state index < -0.39 is 94.0 Å². The van der Waals surface area contributed by atoms with Crippen molar-refractivity contribution >= 4 is 84.7 Å². The third kappa shape index (κ3) is 15.8. The molecule has 2 aromatic heterocycles. The fourth-order valence-corrected chi connectivity index (χ4v) is 14.4. The van der Waals surface area contributed by atoms with Crippen molar-refractivity contribution in [1.82, 2.24) is 35.3 Å². The average Bonchev–Trinajstić information content (AvgIpc) is 1.73. The molecule has 2 bridgehead atoms. The molecule has 6 aromatic rings. The molecule has 0 aliphatic carbocycles. The van der Waals surface area contributed by atoms with Crippen LogP contribution >= 0.6 is 22.9 Å². The minimum absolute atomic E-state index is 0.00207. The number of β-amino-alcohol motifs (C(OH)–C–C–N with tert-alkyl or cyclic N) is 1. The normalized spacial score (nSPS) is 19.8. The van der Waals surface area contributed by atoms with E-state index in [0.717, 1.165) is 36.8 Å². The van der Waals surface area contributed by atoms with Gasteiger partial charge in [-0.25, -0.2) is 27.2 Å². The largest absolute Gasteiger partial charge is 0.462 e. The number of ether oxygens (including phenoxy) is 4. The maximum absolute atomic E-state index is 17.9. The van der Waals surface area contributed by atoms with Crippen molar-refractivity contribution in [2.24, 2.45) is 5.41 Å². The number of rotatable bonds is 19. The number of benzene rings is 4. The number of thiophene rings is 1. The molecule has 4 N–H and O–H groups in total. The molecule has 4 fully saturated rings. The zero-order valence-electron chi connectivity index (χ0n) is 55.0. The highest BCUT2D eigenvalue weighted by atomic mass is 35.5. The second-order valence-electron chi connectivity index (χ2n) is 27.9. The summed E-state index contributed by atoms with van der Waals surface area (Å²) < 4.78 is 86.2. The molecule has 10 rings (SSSR count). The van der Waals surface area contributed by atoms with Crippen LogP contribution in [0.5, 0.6) is 6.01 Å². The fraction of sp³-hybridized carbons (Fsp3) is 0.507. The van der Waals surface area contributed by atoms with Crippen LogP contribution in [0.1, 0.15) is 131 Å². The van der Waals surface area contributed by atoms with Gasteiger partial charge in [0.1, 0.15) is 69.7 Å². The van der Waals surface area contributed by atoms with Crippen LogP contribution in [0.25, 0.3) is 43.2 Å². The zero-order valence-corrected chi connectivity index (χ0v) is 56.5. The highest BCUT2D eigenvalue weighted by molar-refractivity contribution is 7.23. The summed E-state index contributed by atoms with van der Waals surface area (Å²) in [4.78, 5) is 85.1. The van der Waals surface area contributed by atoms with Gasteiger partial charge in [-0.2, -0.15) is 15.2 Å². The molecule has 26 heteroatoms. The summed E-state index contributed by atoms with van der Waals surface area (Å²) in [6.07, 6.45) is 1.26. The Bertz CT molecular complexity index is 3910. The molecule has 2 unspecified atom stereocenters. The van der Waals surface area contributed by atoms with Crippen LogP contribution < -0.4 is 25.6 Å². The Balaban J connectivity index is 0.784. The molecule has 95 heavy (non-hydrogen) atoms. The van der Waals surface area contributed by atoms with Crippen LogP contribution in [0.2, 0.25) is 5.02 Å². The Morgan fingerprint density at radius 1 is 0.842 bits per heavy atom. The molecule has 5 amide bonds. The molecular formula is C69H81ClF4N10O10S. The lowest BCUT2D eigenvalue weighted by atomic mass is 9.85. The number of nitrogens with zero attached hydrogens (tertiary/aromatic N) is 7. The highest BCUT2D eigenvalue weighted by Gasteiger charge is 2.47. The van der Waals surface area contributed by atoms with Gasteiger partial charge in [0.25, 0.3) is 0 Å². The molecule has 0 saturated carbocycles. The van der Waals surface area contributed by atoms with Crippen LogP contribution in [0.4, 0.5) is 38.0 Å². The molecule has 4 aromatic carbocycles. The summed E-state index contributed by atoms with van der Waals surface area (Å²) in [7, 11) is 0. The Kier molecular flexibility index (Phi) is 20.9. The second kappa shape index (κ2) is 28.4. The van der Waals surface area contributed by atoms with Gasteiger partial charge in [-0.15, -0.1) is 11.3 Å². The molecule has 4 aliphatic heterocycles. The van der Waals surface area contributed by atoms with E-state index >= 15 is 8.78 Å². The number of carbonyl (C=O) groups excluding carboxylic acids is 5. The number of nitrogens with one attached hydrogen (secondary N) is 3. The molecule has 0 spiro atoms. The zero-order chi connectivity index (χ0) is 68.6. The number of amides is 5. The number of halogens is 5. The monoisotopic (exact) mass is 1350 g/mol. The van der Waals surface area contributed by atoms with Gasteiger partial charge in [-0.1, -0.05) is 68.8 Å². The lowest BCUT2D eigenvalue weighted by molar-refractivity contribution is -0.144. The predicted octanol–water partition coefficient (Wildman–Crippen LogP) is 12.2. The number of carbonyl (C=O) groups is 5. The number of fused-ring (bicyclic) bond motifs is 4. The van der Waals surface area contributed by atoms with E-state index in [2.05, 4.69) is 26.9 Å². The summed E-state index contributed by atoms with van der Waals surface area (Å²) in [6.45, 7) is 20.0. The highest BCUT2D eigenvalue weighted by Crippen LogP contribution is 2.47. The molecule has 6 heterocycles. The van der Waals surface area contributed by atoms with E-state index in [1.807, 2.05) is 25.7 Å². The molecule has 0 radical (unpaired) electrons. The van der Waals surface area contributed by atoms with Crippen LogP contribution in [-0.4, -0.2) is 160 Å². The van der Waals surface area contributed by atoms with Gasteiger partial charge < -0.3 is 44.5 Å². The summed E-state index contributed by atoms with van der Waals surface area (Å²) in [6, 6.07) is 12.7. The molecule has 4 saturated heterocycles. The van der Waals surface area contributed by atoms with E-state index in [4.69, 9.17) is 40.5 Å². The average molecular weight is 1350 g/mol. The van der Waals surface area contributed by atoms with Gasteiger partial charge in [0.2, 0.25) is 17.7 Å². The number of aromatic nitrogens is 2. The van der Waals surface area contributed by atoms with E-state index in [9.17, 15) is 43.1 Å². The van der Waals surface area contributed by atoms with Gasteiger partial charge in [-0.05, 0) is 133 Å². The van der Waals surface area contributed by atoms with Crippen molar-refractivity contribution in [3.63, 3.8) is 0 Å². The third-order valence-electron chi connectivity index (χ3n) is 17.4. The van der Waals surface area contributed by atoms with E-state index in [0.29, 0.717) is 62.4 Å². The number of hydrogen-bond acceptors (Lipinski definition) is 16. The maximum atomic E-state index is 17.9. The minimum Gasteiger partial charge on any atom is -0.462 e. The lowest BCUT2D eigenvalue weighted by Crippen LogP contribution is -2.58. The van der Waals surface area contributed by atoms with Crippen molar-refractivity contribution in [1.29, 1.82) is 5.26 Å². The molecule has 7 atom stereocenters. The topological polar surface area (TPSA) is 241 Å². The summed E-state index contributed by atoms with van der Waals surface area (Å²) in [5.41, 5.74) is -1.97. The van der Waals surface area contributed by atoms with Gasteiger partial charge in [-0.3, -0.25) is 29.5 Å². The van der Waals surface area contributed by atoms with E-state index in [1.54, 1.807) is 83.7 Å². The fourth-order valence-electron chi connectivity index (χ4n) is 13.0. The second-order valence-corrected chi connectivity index (χ2v) is 29.3. The molecule has 508 valence electrons. The lowest BCUT2D eigenvalue weighted by Gasteiger charge is -2.42. The standard InChI is InChI=1S/C69H81ClF4N10O10S/c1-37(38-17-19-39(20-18-38)53-48(71)15-11-16-49(53)72)76-61(87)51-30-43(85)35-83(51)63(88)59(67(2,3)4)77-52(86)25-29-91-28-13-27-81-26-12-14-42(81)36-92-64-78-57-45(60(79-64)82-33-40-21-22-41(34-82)84(40)66(90)94-69(8,9)10)31-47(70)55(56(57)74)44-23-24-50(73)58-54(44)46(32-75)62(95-58)80-65(89)93-68(5,6)7/h11,15-20,23-24,31,37,40-43,51,59,85H,12-14,21-22,25-30,33-36H2,1-10H3,(H,76,87)(H,77,86)(H,80,89)/t37-,40?,41?,42-,43+,51-,59+/m0/s1. The smallest absolute Gasteiger partial charge is 0.412 e. The maximum Gasteiger partial charge on any atom is 0.412 e. The van der Waals surface area contributed by atoms with Crippen LogP contribution in [-0.2, 0) is 28.6 Å². The Morgan fingerprint density at radius 3 is 2.18 bits per heavy atom. The van der Waals surface area contributed by atoms with Gasteiger partial charge in [0.15, 0.2) is 5.82 Å². The summed E-state index contributed by atoms with van der Waals surface area (Å²) >= 11 is 7.91.